The van der Waals surface area contributed by atoms with Crippen LogP contribution in [0.5, 0.6) is 0 Å². The lowest BCUT2D eigenvalue weighted by molar-refractivity contribution is 0.0774. The van der Waals surface area contributed by atoms with Crippen LogP contribution < -0.4 is 5.32 Å². The van der Waals surface area contributed by atoms with Gasteiger partial charge in [-0.05, 0) is 60.2 Å². The van der Waals surface area contributed by atoms with E-state index in [1.54, 1.807) is 6.07 Å². The van der Waals surface area contributed by atoms with Gasteiger partial charge in [-0.3, -0.25) is 4.79 Å². The van der Waals surface area contributed by atoms with Gasteiger partial charge in [0.2, 0.25) is 0 Å². The van der Waals surface area contributed by atoms with Crippen LogP contribution in [0.1, 0.15) is 23.2 Å². The highest BCUT2D eigenvalue weighted by atomic mass is 127. The van der Waals surface area contributed by atoms with Crippen molar-refractivity contribution in [2.24, 2.45) is 5.41 Å². The average Bonchev–Trinajstić information content (AvgIpc) is 3.00. The van der Waals surface area contributed by atoms with Gasteiger partial charge < -0.3 is 10.2 Å². The summed E-state index contributed by atoms with van der Waals surface area (Å²) in [5.74, 6) is -0.257. The lowest BCUT2D eigenvalue weighted by Gasteiger charge is -2.23. The summed E-state index contributed by atoms with van der Waals surface area (Å²) in [5, 5.41) is 3.38. The van der Waals surface area contributed by atoms with Gasteiger partial charge in [0.1, 0.15) is 5.82 Å². The number of benzene rings is 1. The van der Waals surface area contributed by atoms with Gasteiger partial charge in [0.15, 0.2) is 0 Å². The Bertz CT molecular complexity index is 520. The fraction of sp³-hybridized carbons (Fsp3) is 0.500. The Kier molecular flexibility index (Phi) is 4.92. The molecule has 0 saturated carbocycles. The number of carbonyl (C=O) groups is 1. The lowest BCUT2D eigenvalue weighted by Crippen LogP contribution is -2.33. The highest BCUT2D eigenvalue weighted by Crippen LogP contribution is 2.36. The van der Waals surface area contributed by atoms with Gasteiger partial charge in [0.05, 0.1) is 5.56 Å². The van der Waals surface area contributed by atoms with Gasteiger partial charge >= 0.3 is 0 Å². The van der Waals surface area contributed by atoms with Crippen molar-refractivity contribution in [3.63, 3.8) is 0 Å². The van der Waals surface area contributed by atoms with Crippen LogP contribution in [0.4, 0.5) is 4.39 Å². The number of nitrogens with zero attached hydrogens (tertiary/aromatic N) is 1. The Morgan fingerprint density at radius 1 is 1.40 bits per heavy atom. The fourth-order valence-electron chi connectivity index (χ4n) is 3.09. The first kappa shape index (κ1) is 16.0. The normalized spacial score (nSPS) is 25.0. The van der Waals surface area contributed by atoms with Gasteiger partial charge in [-0.2, -0.15) is 0 Å². The number of amides is 1. The zero-order valence-corrected chi connectivity index (χ0v) is 14.0. The number of hydrogen-bond acceptors (Lipinski definition) is 2. The molecule has 3 nitrogen and oxygen atoms in total. The number of rotatable bonds is 1. The molecule has 110 valence electrons. The Morgan fingerprint density at radius 2 is 2.20 bits per heavy atom. The monoisotopic (exact) mass is 410 g/mol. The number of likely N-dealkylation sites (tertiary alicyclic amines) is 1. The molecule has 1 amide bonds. The van der Waals surface area contributed by atoms with E-state index in [-0.39, 0.29) is 29.5 Å². The molecule has 2 saturated heterocycles. The summed E-state index contributed by atoms with van der Waals surface area (Å²) in [7, 11) is 0. The highest BCUT2D eigenvalue weighted by molar-refractivity contribution is 14.1. The number of nitrogens with one attached hydrogen (secondary N) is 1. The third kappa shape index (κ3) is 2.94. The molecule has 1 N–H and O–H groups in total. The molecule has 2 heterocycles. The van der Waals surface area contributed by atoms with Gasteiger partial charge in [-0.25, -0.2) is 4.39 Å². The summed E-state index contributed by atoms with van der Waals surface area (Å²) in [4.78, 5) is 14.4. The summed E-state index contributed by atoms with van der Waals surface area (Å²) in [5.41, 5.74) is 0.895. The minimum absolute atomic E-state index is 0. The maximum atomic E-state index is 13.1. The Labute approximate surface area is 137 Å². The third-order valence-electron chi connectivity index (χ3n) is 4.22. The molecule has 1 aromatic rings. The van der Waals surface area contributed by atoms with Gasteiger partial charge in [0, 0.05) is 28.6 Å². The Hall–Kier alpha value is -0.400. The van der Waals surface area contributed by atoms with Crippen LogP contribution in [0.25, 0.3) is 0 Å². The summed E-state index contributed by atoms with van der Waals surface area (Å²) in [6.07, 6.45) is 2.22. The molecule has 2 fully saturated rings. The Morgan fingerprint density at radius 3 is 2.85 bits per heavy atom. The molecule has 0 aromatic heterocycles. The van der Waals surface area contributed by atoms with E-state index >= 15 is 0 Å². The maximum Gasteiger partial charge on any atom is 0.254 e. The molecule has 20 heavy (non-hydrogen) atoms. The standard InChI is InChI=1S/C14H16FIN2O.ClH/c15-10-1-2-11(12(16)7-10)13(19)18-6-4-14(9-18)3-5-17-8-14;/h1-2,7,17H,3-6,8-9H2;1H. The molecule has 6 heteroatoms. The van der Waals surface area contributed by atoms with Crippen LogP contribution in [0.3, 0.4) is 0 Å². The van der Waals surface area contributed by atoms with Crippen LogP contribution in [0, 0.1) is 14.8 Å². The van der Waals surface area contributed by atoms with Crippen LogP contribution in [0.2, 0.25) is 0 Å². The van der Waals surface area contributed by atoms with Gasteiger partial charge in [-0.1, -0.05) is 0 Å². The van der Waals surface area contributed by atoms with E-state index in [9.17, 15) is 9.18 Å². The third-order valence-corrected chi connectivity index (χ3v) is 5.11. The molecule has 3 rings (SSSR count). The molecular weight excluding hydrogens is 394 g/mol. The topological polar surface area (TPSA) is 32.3 Å². The molecule has 2 aliphatic rings. The molecule has 1 spiro atoms. The van der Waals surface area contributed by atoms with Gasteiger partial charge in [-0.15, -0.1) is 12.4 Å². The van der Waals surface area contributed by atoms with Crippen molar-refractivity contribution in [1.29, 1.82) is 0 Å². The van der Waals surface area contributed by atoms with E-state index in [2.05, 4.69) is 5.32 Å². The summed E-state index contributed by atoms with van der Waals surface area (Å²) >= 11 is 2.03. The first-order valence-corrected chi connectivity index (χ1v) is 7.63. The van der Waals surface area contributed by atoms with Crippen molar-refractivity contribution in [2.75, 3.05) is 26.2 Å². The van der Waals surface area contributed by atoms with Crippen LogP contribution in [-0.2, 0) is 0 Å². The van der Waals surface area contributed by atoms with Crippen molar-refractivity contribution in [2.45, 2.75) is 12.8 Å². The van der Waals surface area contributed by atoms with Crippen molar-refractivity contribution >= 4 is 40.9 Å². The largest absolute Gasteiger partial charge is 0.338 e. The summed E-state index contributed by atoms with van der Waals surface area (Å²) < 4.78 is 13.8. The van der Waals surface area contributed by atoms with E-state index in [4.69, 9.17) is 0 Å². The SMILES string of the molecule is Cl.O=C(c1ccc(F)cc1I)N1CCC2(CCNC2)C1. The summed E-state index contributed by atoms with van der Waals surface area (Å²) in [6.45, 7) is 3.70. The molecule has 1 unspecified atom stereocenters. The average molecular weight is 411 g/mol. The lowest BCUT2D eigenvalue weighted by atomic mass is 9.86. The van der Waals surface area contributed by atoms with Crippen molar-refractivity contribution in [3.8, 4) is 0 Å². The van der Waals surface area contributed by atoms with Crippen molar-refractivity contribution in [3.05, 3.63) is 33.1 Å². The second-order valence-corrected chi connectivity index (χ2v) is 6.69. The van der Waals surface area contributed by atoms with E-state index in [1.165, 1.54) is 12.1 Å². The number of halogens is 3. The number of hydrogen-bond donors (Lipinski definition) is 1. The van der Waals surface area contributed by atoms with Crippen LogP contribution in [-0.4, -0.2) is 37.0 Å². The van der Waals surface area contributed by atoms with E-state index in [0.717, 1.165) is 39.0 Å². The first-order valence-electron chi connectivity index (χ1n) is 6.55. The predicted molar refractivity (Wildman–Crippen MR) is 86.8 cm³/mol. The van der Waals surface area contributed by atoms with Crippen molar-refractivity contribution < 1.29 is 9.18 Å². The molecule has 0 bridgehead atoms. The molecule has 0 aliphatic carbocycles. The van der Waals surface area contributed by atoms with Crippen LogP contribution >= 0.6 is 35.0 Å². The maximum absolute atomic E-state index is 13.1. The second-order valence-electron chi connectivity index (χ2n) is 5.53. The predicted octanol–water partition coefficient (Wildman–Crippen LogP) is 2.68. The van der Waals surface area contributed by atoms with Gasteiger partial charge in [0.25, 0.3) is 5.91 Å². The fourth-order valence-corrected chi connectivity index (χ4v) is 3.79. The summed E-state index contributed by atoms with van der Waals surface area (Å²) in [6, 6.07) is 4.37. The molecule has 2 aliphatic heterocycles. The smallest absolute Gasteiger partial charge is 0.254 e. The van der Waals surface area contributed by atoms with Crippen LogP contribution in [0.15, 0.2) is 18.2 Å². The zero-order chi connectivity index (χ0) is 13.5. The molecule has 0 radical (unpaired) electrons. The molecule has 1 aromatic carbocycles. The van der Waals surface area contributed by atoms with Crippen molar-refractivity contribution in [1.82, 2.24) is 10.2 Å². The highest BCUT2D eigenvalue weighted by Gasteiger charge is 2.42. The van der Waals surface area contributed by atoms with E-state index in [0.29, 0.717) is 9.13 Å². The minimum Gasteiger partial charge on any atom is -0.338 e. The molecule has 1 atom stereocenters. The number of carbonyl (C=O) groups excluding carboxylic acids is 1. The second kappa shape index (κ2) is 6.15. The Balaban J connectivity index is 0.00000147. The van der Waals surface area contributed by atoms with E-state index in [1.807, 2.05) is 27.5 Å². The quantitative estimate of drug-likeness (QED) is 0.722. The molecular formula is C14H17ClFIN2O. The zero-order valence-electron chi connectivity index (χ0n) is 11.0. The minimum atomic E-state index is -0.293. The first-order chi connectivity index (χ1) is 9.10. The van der Waals surface area contributed by atoms with E-state index < -0.39 is 0 Å².